The lowest BCUT2D eigenvalue weighted by molar-refractivity contribution is 0.196. The van der Waals surface area contributed by atoms with Gasteiger partial charge in [-0.2, -0.15) is 0 Å². The van der Waals surface area contributed by atoms with Gasteiger partial charge in [-0.15, -0.1) is 0 Å². The van der Waals surface area contributed by atoms with E-state index < -0.39 is 0 Å². The van der Waals surface area contributed by atoms with Gasteiger partial charge in [-0.1, -0.05) is 12.1 Å². The predicted molar refractivity (Wildman–Crippen MR) is 115 cm³/mol. The van der Waals surface area contributed by atoms with Crippen molar-refractivity contribution in [2.75, 3.05) is 19.6 Å². The van der Waals surface area contributed by atoms with E-state index in [1.165, 1.54) is 6.07 Å². The minimum atomic E-state index is -0.258. The Labute approximate surface area is 174 Å². The van der Waals surface area contributed by atoms with E-state index in [1.54, 1.807) is 6.07 Å². The SMILES string of the molecule is CCNC(=NCc1ccc(Br)c(F)c1)NC1CCN(Cc2ccccn2)CC1. The van der Waals surface area contributed by atoms with Crippen molar-refractivity contribution in [2.24, 2.45) is 4.99 Å². The highest BCUT2D eigenvalue weighted by Gasteiger charge is 2.20. The Morgan fingerprint density at radius 3 is 2.79 bits per heavy atom. The van der Waals surface area contributed by atoms with Gasteiger partial charge in [-0.25, -0.2) is 9.38 Å². The van der Waals surface area contributed by atoms with Gasteiger partial charge >= 0.3 is 0 Å². The van der Waals surface area contributed by atoms with Gasteiger partial charge in [0.1, 0.15) is 5.82 Å². The van der Waals surface area contributed by atoms with Gasteiger partial charge in [0.15, 0.2) is 5.96 Å². The topological polar surface area (TPSA) is 52.6 Å². The first kappa shape index (κ1) is 20.7. The number of benzene rings is 1. The molecule has 1 fully saturated rings. The Hall–Kier alpha value is -1.99. The van der Waals surface area contributed by atoms with E-state index >= 15 is 0 Å². The molecule has 0 atom stereocenters. The summed E-state index contributed by atoms with van der Waals surface area (Å²) in [5.41, 5.74) is 1.97. The molecule has 1 aromatic heterocycles. The summed E-state index contributed by atoms with van der Waals surface area (Å²) in [4.78, 5) is 11.5. The molecule has 1 saturated heterocycles. The van der Waals surface area contributed by atoms with Gasteiger partial charge in [0, 0.05) is 38.4 Å². The number of rotatable bonds is 6. The predicted octanol–water partition coefficient (Wildman–Crippen LogP) is 3.70. The number of nitrogens with one attached hydrogen (secondary N) is 2. The van der Waals surface area contributed by atoms with Crippen LogP contribution in [0.5, 0.6) is 0 Å². The summed E-state index contributed by atoms with van der Waals surface area (Å²) >= 11 is 3.18. The lowest BCUT2D eigenvalue weighted by Crippen LogP contribution is -2.48. The Morgan fingerprint density at radius 1 is 1.29 bits per heavy atom. The minimum absolute atomic E-state index is 0.258. The van der Waals surface area contributed by atoms with Crippen LogP contribution in [0.4, 0.5) is 4.39 Å². The van der Waals surface area contributed by atoms with Crippen LogP contribution in [-0.4, -0.2) is 41.5 Å². The summed E-state index contributed by atoms with van der Waals surface area (Å²) in [5.74, 6) is 0.528. The Balaban J connectivity index is 1.51. The number of aliphatic imine (C=N–C) groups is 1. The van der Waals surface area contributed by atoms with E-state index in [1.807, 2.05) is 31.3 Å². The molecule has 150 valence electrons. The summed E-state index contributed by atoms with van der Waals surface area (Å²) < 4.78 is 14.2. The number of halogens is 2. The van der Waals surface area contributed by atoms with Crippen molar-refractivity contribution in [3.63, 3.8) is 0 Å². The molecule has 28 heavy (non-hydrogen) atoms. The maximum Gasteiger partial charge on any atom is 0.191 e. The molecule has 2 aromatic rings. The van der Waals surface area contributed by atoms with Crippen LogP contribution in [0.25, 0.3) is 0 Å². The Bertz CT molecular complexity index is 776. The fourth-order valence-corrected chi connectivity index (χ4v) is 3.52. The van der Waals surface area contributed by atoms with Crippen molar-refractivity contribution in [1.82, 2.24) is 20.5 Å². The molecule has 0 unspecified atom stereocenters. The van der Waals surface area contributed by atoms with E-state index in [2.05, 4.69) is 47.5 Å². The molecule has 0 amide bonds. The third kappa shape index (κ3) is 6.27. The number of piperidine rings is 1. The molecule has 0 radical (unpaired) electrons. The van der Waals surface area contributed by atoms with Crippen molar-refractivity contribution in [1.29, 1.82) is 0 Å². The van der Waals surface area contributed by atoms with Gasteiger partial charge in [0.25, 0.3) is 0 Å². The first-order valence-corrected chi connectivity index (χ1v) is 10.5. The first-order chi connectivity index (χ1) is 13.6. The molecular weight excluding hydrogens is 421 g/mol. The third-order valence-corrected chi connectivity index (χ3v) is 5.43. The first-order valence-electron chi connectivity index (χ1n) is 9.75. The van der Waals surface area contributed by atoms with Crippen molar-refractivity contribution in [3.8, 4) is 0 Å². The highest BCUT2D eigenvalue weighted by molar-refractivity contribution is 9.10. The zero-order valence-electron chi connectivity index (χ0n) is 16.2. The zero-order chi connectivity index (χ0) is 19.8. The molecule has 0 saturated carbocycles. The van der Waals surface area contributed by atoms with Gasteiger partial charge in [-0.3, -0.25) is 9.88 Å². The van der Waals surface area contributed by atoms with Crippen molar-refractivity contribution < 1.29 is 4.39 Å². The van der Waals surface area contributed by atoms with Gasteiger partial charge < -0.3 is 10.6 Å². The maximum atomic E-state index is 13.7. The summed E-state index contributed by atoms with van der Waals surface area (Å²) in [7, 11) is 0. The van der Waals surface area contributed by atoms with Crippen LogP contribution in [0, 0.1) is 5.82 Å². The second-order valence-electron chi connectivity index (χ2n) is 6.96. The average molecular weight is 448 g/mol. The van der Waals surface area contributed by atoms with Gasteiger partial charge in [0.05, 0.1) is 16.7 Å². The molecule has 7 heteroatoms. The molecule has 0 aliphatic carbocycles. The third-order valence-electron chi connectivity index (χ3n) is 4.79. The molecule has 2 N–H and O–H groups in total. The van der Waals surface area contributed by atoms with E-state index in [0.717, 1.165) is 56.2 Å². The summed E-state index contributed by atoms with van der Waals surface area (Å²) in [6.45, 7) is 6.25. The summed E-state index contributed by atoms with van der Waals surface area (Å²) in [6, 6.07) is 11.6. The Kier molecular flexibility index (Phi) is 7.80. The van der Waals surface area contributed by atoms with E-state index in [9.17, 15) is 4.39 Å². The van der Waals surface area contributed by atoms with Crippen LogP contribution in [0.1, 0.15) is 31.0 Å². The maximum absolute atomic E-state index is 13.7. The van der Waals surface area contributed by atoms with Crippen LogP contribution in [0.3, 0.4) is 0 Å². The van der Waals surface area contributed by atoms with Gasteiger partial charge in [0.2, 0.25) is 0 Å². The highest BCUT2D eigenvalue weighted by Crippen LogP contribution is 2.17. The van der Waals surface area contributed by atoms with E-state index in [0.29, 0.717) is 17.1 Å². The minimum Gasteiger partial charge on any atom is -0.357 e. The lowest BCUT2D eigenvalue weighted by Gasteiger charge is -2.32. The quantitative estimate of drug-likeness (QED) is 0.523. The van der Waals surface area contributed by atoms with Crippen LogP contribution < -0.4 is 10.6 Å². The second kappa shape index (κ2) is 10.5. The summed E-state index contributed by atoms with van der Waals surface area (Å²) in [6.07, 6.45) is 3.97. The van der Waals surface area contributed by atoms with Crippen molar-refractivity contribution in [3.05, 3.63) is 64.1 Å². The summed E-state index contributed by atoms with van der Waals surface area (Å²) in [5, 5.41) is 6.82. The molecular formula is C21H27BrFN5. The second-order valence-corrected chi connectivity index (χ2v) is 7.81. The molecule has 0 spiro atoms. The standard InChI is InChI=1S/C21H27BrFN5/c1-2-24-21(26-14-16-6-7-19(22)20(23)13-16)27-17-8-11-28(12-9-17)15-18-5-3-4-10-25-18/h3-7,10,13,17H,2,8-9,11-12,14-15H2,1H3,(H2,24,26,27). The van der Waals surface area contributed by atoms with Crippen LogP contribution in [0.2, 0.25) is 0 Å². The highest BCUT2D eigenvalue weighted by atomic mass is 79.9. The van der Waals surface area contributed by atoms with Crippen LogP contribution >= 0.6 is 15.9 Å². The number of hydrogen-bond acceptors (Lipinski definition) is 3. The monoisotopic (exact) mass is 447 g/mol. The largest absolute Gasteiger partial charge is 0.357 e. The number of nitrogens with zero attached hydrogens (tertiary/aromatic N) is 3. The normalized spacial score (nSPS) is 16.2. The Morgan fingerprint density at radius 2 is 2.11 bits per heavy atom. The molecule has 0 bridgehead atoms. The van der Waals surface area contributed by atoms with Crippen molar-refractivity contribution in [2.45, 2.75) is 38.9 Å². The smallest absolute Gasteiger partial charge is 0.191 e. The molecule has 1 aromatic carbocycles. The zero-order valence-corrected chi connectivity index (χ0v) is 17.8. The molecule has 1 aliphatic heterocycles. The number of guanidine groups is 1. The average Bonchev–Trinajstić information content (AvgIpc) is 2.71. The van der Waals surface area contributed by atoms with Crippen LogP contribution in [-0.2, 0) is 13.1 Å². The number of pyridine rings is 1. The fraction of sp³-hybridized carbons (Fsp3) is 0.429. The molecule has 2 heterocycles. The molecule has 1 aliphatic rings. The van der Waals surface area contributed by atoms with Crippen molar-refractivity contribution >= 4 is 21.9 Å². The lowest BCUT2D eigenvalue weighted by atomic mass is 10.0. The molecule has 3 rings (SSSR count). The number of likely N-dealkylation sites (tertiary alicyclic amines) is 1. The van der Waals surface area contributed by atoms with Gasteiger partial charge in [-0.05, 0) is 65.5 Å². The van der Waals surface area contributed by atoms with Crippen LogP contribution in [0.15, 0.2) is 52.1 Å². The number of hydrogen-bond donors (Lipinski definition) is 2. The fourth-order valence-electron chi connectivity index (χ4n) is 3.28. The van der Waals surface area contributed by atoms with E-state index in [-0.39, 0.29) is 5.82 Å². The van der Waals surface area contributed by atoms with E-state index in [4.69, 9.17) is 0 Å². The molecule has 5 nitrogen and oxygen atoms in total. The number of aromatic nitrogens is 1.